The van der Waals surface area contributed by atoms with Crippen LogP contribution < -0.4 is 20.5 Å². The van der Waals surface area contributed by atoms with Crippen LogP contribution in [0.2, 0.25) is 0 Å². The largest absolute Gasteiger partial charge is 0.486 e. The Kier molecular flexibility index (Phi) is 3.49. The van der Waals surface area contributed by atoms with Gasteiger partial charge in [0, 0.05) is 12.6 Å². The molecule has 0 unspecified atom stereocenters. The summed E-state index contributed by atoms with van der Waals surface area (Å²) in [6, 6.07) is 5.21. The predicted molar refractivity (Wildman–Crippen MR) is 63.4 cm³/mol. The molecule has 0 aromatic heterocycles. The predicted octanol–water partition coefficient (Wildman–Crippen LogP) is 0.535. The number of carbonyl (C=O) groups is 1. The number of nitrogens with one attached hydrogen (secondary N) is 1. The normalized spacial score (nSPS) is 15.2. The van der Waals surface area contributed by atoms with Gasteiger partial charge in [0.15, 0.2) is 11.5 Å². The summed E-state index contributed by atoms with van der Waals surface area (Å²) >= 11 is 0. The minimum Gasteiger partial charge on any atom is -0.486 e. The van der Waals surface area contributed by atoms with E-state index >= 15 is 0 Å². The maximum atomic E-state index is 12.0. The van der Waals surface area contributed by atoms with E-state index in [9.17, 15) is 4.79 Å². The molecule has 0 bridgehead atoms. The van der Waals surface area contributed by atoms with Crippen molar-refractivity contribution in [3.8, 4) is 11.5 Å². The van der Waals surface area contributed by atoms with E-state index in [2.05, 4.69) is 5.32 Å². The standard InChI is InChI=1S/C12H16N2O3/c1-8(7-13)14-12(15)9-3-2-4-10-11(9)17-6-5-16-10/h2-4,8H,5-7,13H2,1H3,(H,14,15)/t8-/m1/s1. The topological polar surface area (TPSA) is 73.6 Å². The lowest BCUT2D eigenvalue weighted by Gasteiger charge is -2.21. The van der Waals surface area contributed by atoms with Crippen LogP contribution in [0.5, 0.6) is 11.5 Å². The number of hydrogen-bond acceptors (Lipinski definition) is 4. The first-order valence-corrected chi connectivity index (χ1v) is 5.62. The number of fused-ring (bicyclic) bond motifs is 1. The van der Waals surface area contributed by atoms with Crippen LogP contribution in [0.25, 0.3) is 0 Å². The van der Waals surface area contributed by atoms with Crippen LogP contribution >= 0.6 is 0 Å². The van der Waals surface area contributed by atoms with E-state index < -0.39 is 0 Å². The molecule has 1 atom stereocenters. The van der Waals surface area contributed by atoms with Crippen LogP contribution in [0.3, 0.4) is 0 Å². The third-order valence-corrected chi connectivity index (χ3v) is 2.54. The highest BCUT2D eigenvalue weighted by Crippen LogP contribution is 2.33. The molecule has 92 valence electrons. The molecule has 17 heavy (non-hydrogen) atoms. The van der Waals surface area contributed by atoms with E-state index in [0.29, 0.717) is 36.8 Å². The van der Waals surface area contributed by atoms with Gasteiger partial charge in [-0.1, -0.05) is 6.07 Å². The van der Waals surface area contributed by atoms with Crippen LogP contribution in [0.15, 0.2) is 18.2 Å². The Balaban J connectivity index is 2.23. The van der Waals surface area contributed by atoms with Gasteiger partial charge in [-0.15, -0.1) is 0 Å². The van der Waals surface area contributed by atoms with Gasteiger partial charge in [-0.3, -0.25) is 4.79 Å². The molecule has 1 aromatic rings. The summed E-state index contributed by atoms with van der Waals surface area (Å²) in [5, 5.41) is 2.80. The summed E-state index contributed by atoms with van der Waals surface area (Å²) in [4.78, 5) is 12.0. The van der Waals surface area contributed by atoms with Gasteiger partial charge < -0.3 is 20.5 Å². The van der Waals surface area contributed by atoms with Crippen molar-refractivity contribution < 1.29 is 14.3 Å². The third-order valence-electron chi connectivity index (χ3n) is 2.54. The molecule has 1 heterocycles. The van der Waals surface area contributed by atoms with Crippen LogP contribution in [0, 0.1) is 0 Å². The number of amides is 1. The highest BCUT2D eigenvalue weighted by atomic mass is 16.6. The van der Waals surface area contributed by atoms with E-state index in [4.69, 9.17) is 15.2 Å². The Bertz CT molecular complexity index is 420. The van der Waals surface area contributed by atoms with Crippen molar-refractivity contribution in [3.63, 3.8) is 0 Å². The molecule has 0 aliphatic carbocycles. The molecule has 0 spiro atoms. The van der Waals surface area contributed by atoms with Crippen molar-refractivity contribution in [2.75, 3.05) is 19.8 Å². The van der Waals surface area contributed by atoms with E-state index in [0.717, 1.165) is 0 Å². The number of para-hydroxylation sites is 1. The molecule has 1 aliphatic rings. The molecule has 2 rings (SSSR count). The lowest BCUT2D eigenvalue weighted by atomic mass is 10.1. The molecule has 5 nitrogen and oxygen atoms in total. The van der Waals surface area contributed by atoms with Gasteiger partial charge in [-0.25, -0.2) is 0 Å². The second-order valence-corrected chi connectivity index (χ2v) is 3.94. The summed E-state index contributed by atoms with van der Waals surface area (Å²) in [5.74, 6) is 0.940. The van der Waals surface area contributed by atoms with Gasteiger partial charge >= 0.3 is 0 Å². The van der Waals surface area contributed by atoms with E-state index in [-0.39, 0.29) is 11.9 Å². The molecule has 0 radical (unpaired) electrons. The lowest BCUT2D eigenvalue weighted by molar-refractivity contribution is 0.0930. The van der Waals surface area contributed by atoms with Crippen molar-refractivity contribution in [2.45, 2.75) is 13.0 Å². The number of carbonyl (C=O) groups excluding carboxylic acids is 1. The third kappa shape index (κ3) is 2.50. The molecule has 0 saturated carbocycles. The number of benzene rings is 1. The summed E-state index contributed by atoms with van der Waals surface area (Å²) in [6.45, 7) is 3.23. The Morgan fingerprint density at radius 2 is 2.24 bits per heavy atom. The molecule has 0 saturated heterocycles. The van der Waals surface area contributed by atoms with Crippen molar-refractivity contribution in [2.24, 2.45) is 5.73 Å². The van der Waals surface area contributed by atoms with Crippen molar-refractivity contribution in [1.82, 2.24) is 5.32 Å². The van der Waals surface area contributed by atoms with Crippen molar-refractivity contribution >= 4 is 5.91 Å². The van der Waals surface area contributed by atoms with Gasteiger partial charge in [-0.05, 0) is 19.1 Å². The fourth-order valence-electron chi connectivity index (χ4n) is 1.61. The zero-order valence-electron chi connectivity index (χ0n) is 9.73. The van der Waals surface area contributed by atoms with Crippen LogP contribution in [-0.2, 0) is 0 Å². The molecule has 1 amide bonds. The zero-order chi connectivity index (χ0) is 12.3. The van der Waals surface area contributed by atoms with E-state index in [1.165, 1.54) is 0 Å². The average molecular weight is 236 g/mol. The fraction of sp³-hybridized carbons (Fsp3) is 0.417. The first-order chi connectivity index (χ1) is 8.22. The van der Waals surface area contributed by atoms with Gasteiger partial charge in [0.05, 0.1) is 5.56 Å². The van der Waals surface area contributed by atoms with Crippen LogP contribution in [0.1, 0.15) is 17.3 Å². The van der Waals surface area contributed by atoms with Crippen molar-refractivity contribution in [1.29, 1.82) is 0 Å². The maximum absolute atomic E-state index is 12.0. The van der Waals surface area contributed by atoms with Gasteiger partial charge in [0.2, 0.25) is 0 Å². The number of ether oxygens (including phenoxy) is 2. The molecular formula is C12H16N2O3. The summed E-state index contributed by atoms with van der Waals surface area (Å²) in [7, 11) is 0. The summed E-state index contributed by atoms with van der Waals surface area (Å²) < 4.78 is 10.9. The summed E-state index contributed by atoms with van der Waals surface area (Å²) in [6.07, 6.45) is 0. The van der Waals surface area contributed by atoms with Crippen molar-refractivity contribution in [3.05, 3.63) is 23.8 Å². The second-order valence-electron chi connectivity index (χ2n) is 3.94. The number of rotatable bonds is 3. The highest BCUT2D eigenvalue weighted by Gasteiger charge is 2.20. The molecule has 0 fully saturated rings. The fourth-order valence-corrected chi connectivity index (χ4v) is 1.61. The molecule has 1 aliphatic heterocycles. The second kappa shape index (κ2) is 5.05. The van der Waals surface area contributed by atoms with Gasteiger partial charge in [-0.2, -0.15) is 0 Å². The minimum absolute atomic E-state index is 0.0668. The highest BCUT2D eigenvalue weighted by molar-refractivity contribution is 5.98. The van der Waals surface area contributed by atoms with Crippen LogP contribution in [-0.4, -0.2) is 31.7 Å². The van der Waals surface area contributed by atoms with E-state index in [1.54, 1.807) is 18.2 Å². The number of hydrogen-bond donors (Lipinski definition) is 2. The number of nitrogens with two attached hydrogens (primary N) is 1. The quantitative estimate of drug-likeness (QED) is 0.803. The molecule has 3 N–H and O–H groups in total. The zero-order valence-corrected chi connectivity index (χ0v) is 9.73. The average Bonchev–Trinajstić information content (AvgIpc) is 2.37. The first kappa shape index (κ1) is 11.7. The minimum atomic E-state index is -0.190. The Hall–Kier alpha value is -1.75. The van der Waals surface area contributed by atoms with Gasteiger partial charge in [0.1, 0.15) is 13.2 Å². The molecular weight excluding hydrogens is 220 g/mol. The maximum Gasteiger partial charge on any atom is 0.255 e. The molecule has 5 heteroatoms. The lowest BCUT2D eigenvalue weighted by Crippen LogP contribution is -2.38. The Morgan fingerprint density at radius 1 is 1.47 bits per heavy atom. The van der Waals surface area contributed by atoms with Crippen LogP contribution in [0.4, 0.5) is 0 Å². The Labute approximate surface area is 99.9 Å². The smallest absolute Gasteiger partial charge is 0.255 e. The SMILES string of the molecule is C[C@H](CN)NC(=O)c1cccc2c1OCCO2. The first-order valence-electron chi connectivity index (χ1n) is 5.62. The Morgan fingerprint density at radius 3 is 3.00 bits per heavy atom. The monoisotopic (exact) mass is 236 g/mol. The van der Waals surface area contributed by atoms with Gasteiger partial charge in [0.25, 0.3) is 5.91 Å². The summed E-state index contributed by atoms with van der Waals surface area (Å²) in [5.41, 5.74) is 5.95. The van der Waals surface area contributed by atoms with E-state index in [1.807, 2.05) is 6.92 Å². The molecule has 1 aromatic carbocycles.